The summed E-state index contributed by atoms with van der Waals surface area (Å²) in [5, 5.41) is 4.66. The zero-order valence-corrected chi connectivity index (χ0v) is 14.7. The number of halogens is 1. The van der Waals surface area contributed by atoms with Crippen molar-refractivity contribution in [1.29, 1.82) is 0 Å². The summed E-state index contributed by atoms with van der Waals surface area (Å²) in [4.78, 5) is 12.8. The Morgan fingerprint density at radius 2 is 1.81 bits per heavy atom. The van der Waals surface area contributed by atoms with Crippen LogP contribution in [0.4, 0.5) is 11.5 Å². The van der Waals surface area contributed by atoms with E-state index in [9.17, 15) is 0 Å². The smallest absolute Gasteiger partial charge is 0.148 e. The highest BCUT2D eigenvalue weighted by Crippen LogP contribution is 2.36. The summed E-state index contributed by atoms with van der Waals surface area (Å²) in [6.07, 6.45) is 3.20. The fourth-order valence-corrected chi connectivity index (χ4v) is 2.77. The fraction of sp³-hybridized carbons (Fsp3) is 0.0500. The van der Waals surface area contributed by atoms with E-state index < -0.39 is 0 Å². The number of aryl methyl sites for hydroxylation is 1. The molecule has 1 N–H and O–H groups in total. The number of para-hydroxylation sites is 1. The van der Waals surface area contributed by atoms with Crippen LogP contribution in [-0.4, -0.2) is 15.0 Å². The van der Waals surface area contributed by atoms with E-state index in [1.807, 2.05) is 61.5 Å². The molecule has 2 aromatic heterocycles. The van der Waals surface area contributed by atoms with Crippen molar-refractivity contribution < 1.29 is 4.74 Å². The zero-order valence-electron chi connectivity index (χ0n) is 14.0. The number of benzene rings is 2. The number of pyridine rings is 1. The van der Waals surface area contributed by atoms with Gasteiger partial charge in [-0.05, 0) is 43.3 Å². The van der Waals surface area contributed by atoms with Gasteiger partial charge in [0.2, 0.25) is 0 Å². The summed E-state index contributed by atoms with van der Waals surface area (Å²) >= 11 is 6.54. The molecule has 0 bridgehead atoms. The predicted octanol–water partition coefficient (Wildman–Crippen LogP) is 5.52. The van der Waals surface area contributed by atoms with Crippen LogP contribution in [0.3, 0.4) is 0 Å². The quantitative estimate of drug-likeness (QED) is 0.517. The lowest BCUT2D eigenvalue weighted by atomic mass is 10.2. The van der Waals surface area contributed by atoms with Gasteiger partial charge in [0.15, 0.2) is 0 Å². The Labute approximate surface area is 155 Å². The summed E-state index contributed by atoms with van der Waals surface area (Å²) in [6, 6.07) is 17.1. The molecule has 2 aromatic carbocycles. The van der Waals surface area contributed by atoms with Crippen LogP contribution in [0.15, 0.2) is 67.1 Å². The molecule has 0 unspecified atom stereocenters. The highest BCUT2D eigenvalue weighted by atomic mass is 35.5. The van der Waals surface area contributed by atoms with Gasteiger partial charge in [0.1, 0.15) is 28.7 Å². The van der Waals surface area contributed by atoms with E-state index in [4.69, 9.17) is 16.3 Å². The number of rotatable bonds is 4. The first-order valence-corrected chi connectivity index (χ1v) is 8.44. The first-order valence-electron chi connectivity index (χ1n) is 8.06. The van der Waals surface area contributed by atoms with E-state index in [0.717, 1.165) is 16.6 Å². The van der Waals surface area contributed by atoms with Gasteiger partial charge >= 0.3 is 0 Å². The molecule has 0 atom stereocenters. The molecule has 0 aliphatic rings. The normalized spacial score (nSPS) is 10.7. The van der Waals surface area contributed by atoms with E-state index in [-0.39, 0.29) is 0 Å². The highest BCUT2D eigenvalue weighted by molar-refractivity contribution is 6.34. The third kappa shape index (κ3) is 3.30. The van der Waals surface area contributed by atoms with Gasteiger partial charge in [-0.3, -0.25) is 4.98 Å². The van der Waals surface area contributed by atoms with Gasteiger partial charge in [-0.25, -0.2) is 9.97 Å². The van der Waals surface area contributed by atoms with Crippen LogP contribution in [-0.2, 0) is 0 Å². The molecule has 6 heteroatoms. The molecule has 0 aliphatic carbocycles. The molecule has 4 rings (SSSR count). The lowest BCUT2D eigenvalue weighted by molar-refractivity contribution is 0.480. The van der Waals surface area contributed by atoms with Crippen LogP contribution in [0, 0.1) is 6.92 Å². The van der Waals surface area contributed by atoms with Gasteiger partial charge in [-0.2, -0.15) is 0 Å². The molecule has 128 valence electrons. The maximum absolute atomic E-state index is 6.54. The molecule has 26 heavy (non-hydrogen) atoms. The summed E-state index contributed by atoms with van der Waals surface area (Å²) in [5.41, 5.74) is 2.49. The summed E-state index contributed by atoms with van der Waals surface area (Å²) < 4.78 is 5.86. The Morgan fingerprint density at radius 1 is 0.923 bits per heavy atom. The fourth-order valence-electron chi connectivity index (χ4n) is 2.56. The van der Waals surface area contributed by atoms with Crippen LogP contribution in [0.1, 0.15) is 5.69 Å². The topological polar surface area (TPSA) is 59.9 Å². The second-order valence-corrected chi connectivity index (χ2v) is 6.10. The number of anilines is 2. The van der Waals surface area contributed by atoms with Crippen molar-refractivity contribution in [3.8, 4) is 11.5 Å². The summed E-state index contributed by atoms with van der Waals surface area (Å²) in [6.45, 7) is 1.92. The molecule has 0 aliphatic heterocycles. The van der Waals surface area contributed by atoms with E-state index in [1.54, 1.807) is 6.20 Å². The van der Waals surface area contributed by atoms with Crippen molar-refractivity contribution in [1.82, 2.24) is 15.0 Å². The van der Waals surface area contributed by atoms with Gasteiger partial charge in [-0.1, -0.05) is 29.8 Å². The Kier molecular flexibility index (Phi) is 4.37. The average Bonchev–Trinajstić information content (AvgIpc) is 2.67. The monoisotopic (exact) mass is 362 g/mol. The minimum Gasteiger partial charge on any atom is -0.454 e. The molecule has 0 fully saturated rings. The van der Waals surface area contributed by atoms with Gasteiger partial charge in [0, 0.05) is 11.1 Å². The number of hydrogen-bond donors (Lipinski definition) is 1. The van der Waals surface area contributed by atoms with Crippen molar-refractivity contribution in [2.75, 3.05) is 5.32 Å². The Bertz CT molecular complexity index is 1060. The first kappa shape index (κ1) is 16.3. The SMILES string of the molecule is Cc1ccc(Oc2cccc(Nc3ncnc4ccccc34)c2Cl)cn1. The van der Waals surface area contributed by atoms with Gasteiger partial charge in [0.25, 0.3) is 0 Å². The Balaban J connectivity index is 1.66. The average molecular weight is 363 g/mol. The third-order valence-corrected chi connectivity index (χ3v) is 4.26. The number of nitrogens with zero attached hydrogens (tertiary/aromatic N) is 3. The second-order valence-electron chi connectivity index (χ2n) is 5.72. The molecule has 2 heterocycles. The standard InChI is InChI=1S/C20H15ClN4O/c1-13-9-10-14(11-22-13)26-18-8-4-7-17(19(18)21)25-20-15-5-2-3-6-16(15)23-12-24-20/h2-12H,1H3,(H,23,24,25). The Morgan fingerprint density at radius 3 is 2.65 bits per heavy atom. The lowest BCUT2D eigenvalue weighted by Gasteiger charge is -2.13. The van der Waals surface area contributed by atoms with Crippen molar-refractivity contribution in [3.63, 3.8) is 0 Å². The molecular formula is C20H15ClN4O. The molecule has 5 nitrogen and oxygen atoms in total. The summed E-state index contributed by atoms with van der Waals surface area (Å²) in [7, 11) is 0. The van der Waals surface area contributed by atoms with Crippen LogP contribution < -0.4 is 10.1 Å². The molecule has 4 aromatic rings. The zero-order chi connectivity index (χ0) is 17.9. The minimum atomic E-state index is 0.468. The molecule has 0 amide bonds. The molecule has 0 spiro atoms. The predicted molar refractivity (Wildman–Crippen MR) is 103 cm³/mol. The van der Waals surface area contributed by atoms with Crippen molar-refractivity contribution in [3.05, 3.63) is 77.8 Å². The molecule has 0 radical (unpaired) electrons. The maximum Gasteiger partial charge on any atom is 0.148 e. The van der Waals surface area contributed by atoms with Crippen LogP contribution in [0.2, 0.25) is 5.02 Å². The molecular weight excluding hydrogens is 348 g/mol. The van der Waals surface area contributed by atoms with Gasteiger partial charge in [0.05, 0.1) is 17.4 Å². The number of nitrogens with one attached hydrogen (secondary N) is 1. The van der Waals surface area contributed by atoms with Crippen molar-refractivity contribution in [2.24, 2.45) is 0 Å². The lowest BCUT2D eigenvalue weighted by Crippen LogP contribution is -1.97. The third-order valence-electron chi connectivity index (χ3n) is 3.87. The van der Waals surface area contributed by atoms with E-state index in [0.29, 0.717) is 28.0 Å². The van der Waals surface area contributed by atoms with Crippen LogP contribution in [0.25, 0.3) is 10.9 Å². The van der Waals surface area contributed by atoms with E-state index in [1.165, 1.54) is 6.33 Å². The van der Waals surface area contributed by atoms with Crippen LogP contribution >= 0.6 is 11.6 Å². The van der Waals surface area contributed by atoms with E-state index >= 15 is 0 Å². The van der Waals surface area contributed by atoms with Gasteiger partial charge in [-0.15, -0.1) is 0 Å². The number of aromatic nitrogens is 3. The van der Waals surface area contributed by atoms with Crippen LogP contribution in [0.5, 0.6) is 11.5 Å². The number of ether oxygens (including phenoxy) is 1. The number of hydrogen-bond acceptors (Lipinski definition) is 5. The van der Waals surface area contributed by atoms with Gasteiger partial charge < -0.3 is 10.1 Å². The first-order chi connectivity index (χ1) is 12.7. The molecule has 0 saturated carbocycles. The second kappa shape index (κ2) is 6.98. The largest absolute Gasteiger partial charge is 0.454 e. The van der Waals surface area contributed by atoms with Crippen molar-refractivity contribution in [2.45, 2.75) is 6.92 Å². The Hall–Kier alpha value is -3.18. The molecule has 0 saturated heterocycles. The van der Waals surface area contributed by atoms with E-state index in [2.05, 4.69) is 20.3 Å². The minimum absolute atomic E-state index is 0.468. The number of fused-ring (bicyclic) bond motifs is 1. The highest BCUT2D eigenvalue weighted by Gasteiger charge is 2.11. The van der Waals surface area contributed by atoms with Crippen molar-refractivity contribution >= 4 is 34.0 Å². The maximum atomic E-state index is 6.54. The summed E-state index contributed by atoms with van der Waals surface area (Å²) in [5.74, 6) is 1.86.